The van der Waals surface area contributed by atoms with Crippen molar-refractivity contribution >= 4 is 17.5 Å². The van der Waals surface area contributed by atoms with Crippen LogP contribution in [0.4, 0.5) is 0 Å². The second kappa shape index (κ2) is 2.82. The zero-order valence-electron chi connectivity index (χ0n) is 8.85. The molecule has 1 heterocycles. The zero-order valence-corrected chi connectivity index (χ0v) is 8.85. The maximum Gasteiger partial charge on any atom is 0.0748 e. The van der Waals surface area contributed by atoms with Gasteiger partial charge in [0.05, 0.1) is 5.70 Å². The van der Waals surface area contributed by atoms with Crippen molar-refractivity contribution in [1.82, 2.24) is 0 Å². The number of aliphatic imine (C=N–C) groups is 1. The number of fused-ring (bicyclic) bond motifs is 3. The summed E-state index contributed by atoms with van der Waals surface area (Å²) in [5, 5.41) is 0. The molecule has 2 aliphatic carbocycles. The van der Waals surface area contributed by atoms with Gasteiger partial charge in [-0.1, -0.05) is 42.5 Å². The first-order chi connectivity index (χ1) is 7.95. The van der Waals surface area contributed by atoms with Crippen LogP contribution in [0.15, 0.2) is 53.1 Å². The normalized spacial score (nSPS) is 24.2. The van der Waals surface area contributed by atoms with Crippen LogP contribution in [-0.2, 0) is 0 Å². The first-order valence-electron chi connectivity index (χ1n) is 5.70. The van der Waals surface area contributed by atoms with E-state index in [0.29, 0.717) is 5.92 Å². The molecule has 4 rings (SSSR count). The van der Waals surface area contributed by atoms with Gasteiger partial charge >= 0.3 is 0 Å². The fourth-order valence-corrected chi connectivity index (χ4v) is 2.87. The molecule has 0 radical (unpaired) electrons. The van der Waals surface area contributed by atoms with E-state index in [1.807, 2.05) is 0 Å². The van der Waals surface area contributed by atoms with E-state index in [9.17, 15) is 0 Å². The quantitative estimate of drug-likeness (QED) is 0.615. The van der Waals surface area contributed by atoms with Crippen LogP contribution in [0.5, 0.6) is 0 Å². The van der Waals surface area contributed by atoms with Crippen molar-refractivity contribution in [2.45, 2.75) is 6.42 Å². The minimum Gasteiger partial charge on any atom is -0.260 e. The van der Waals surface area contributed by atoms with Crippen LogP contribution in [0.25, 0.3) is 11.3 Å². The molecule has 0 bridgehead atoms. The van der Waals surface area contributed by atoms with E-state index in [-0.39, 0.29) is 0 Å². The predicted molar refractivity (Wildman–Crippen MR) is 67.1 cm³/mol. The molecule has 0 aromatic heterocycles. The largest absolute Gasteiger partial charge is 0.260 e. The van der Waals surface area contributed by atoms with Gasteiger partial charge in [0, 0.05) is 17.7 Å². The summed E-state index contributed by atoms with van der Waals surface area (Å²) >= 11 is 0. The second-order valence-electron chi connectivity index (χ2n) is 4.43. The standard InChI is InChI=1S/C15H11N/c1-2-6-13-11(5-1)12-7-3-4-10-8-9-16-15(13)14(10)12/h1-7,9-10H,8H2. The molecule has 1 unspecified atom stereocenters. The smallest absolute Gasteiger partial charge is 0.0748 e. The van der Waals surface area contributed by atoms with E-state index >= 15 is 0 Å². The third-order valence-corrected chi connectivity index (χ3v) is 3.57. The number of hydrogen-bond donors (Lipinski definition) is 0. The van der Waals surface area contributed by atoms with Crippen molar-refractivity contribution in [3.63, 3.8) is 0 Å². The van der Waals surface area contributed by atoms with Gasteiger partial charge in [0.2, 0.25) is 0 Å². The molecule has 0 N–H and O–H groups in total. The topological polar surface area (TPSA) is 12.4 Å². The predicted octanol–water partition coefficient (Wildman–Crippen LogP) is 3.46. The lowest BCUT2D eigenvalue weighted by Crippen LogP contribution is -2.08. The SMILES string of the molecule is C1=CC2CC=NC3=C2C(=C1)c1ccccc13. The fraction of sp³-hybridized carbons (Fsp3) is 0.133. The van der Waals surface area contributed by atoms with E-state index in [0.717, 1.165) is 6.42 Å². The summed E-state index contributed by atoms with van der Waals surface area (Å²) in [4.78, 5) is 4.60. The van der Waals surface area contributed by atoms with Gasteiger partial charge in [-0.25, -0.2) is 0 Å². The Morgan fingerprint density at radius 1 is 1.12 bits per heavy atom. The minimum atomic E-state index is 0.542. The number of allylic oxidation sites excluding steroid dienone is 5. The summed E-state index contributed by atoms with van der Waals surface area (Å²) in [7, 11) is 0. The highest BCUT2D eigenvalue weighted by atomic mass is 14.8. The van der Waals surface area contributed by atoms with Gasteiger partial charge in [0.25, 0.3) is 0 Å². The Bertz CT molecular complexity index is 600. The lowest BCUT2D eigenvalue weighted by molar-refractivity contribution is 0.825. The summed E-state index contributed by atoms with van der Waals surface area (Å²) in [6, 6.07) is 8.58. The van der Waals surface area contributed by atoms with Crippen molar-refractivity contribution in [1.29, 1.82) is 0 Å². The molecule has 1 heteroatoms. The molecular weight excluding hydrogens is 194 g/mol. The van der Waals surface area contributed by atoms with Crippen molar-refractivity contribution in [3.8, 4) is 0 Å². The average molecular weight is 205 g/mol. The Morgan fingerprint density at radius 2 is 2.00 bits per heavy atom. The molecular formula is C15H11N. The van der Waals surface area contributed by atoms with Crippen molar-refractivity contribution in [2.75, 3.05) is 0 Å². The number of nitrogens with zero attached hydrogens (tertiary/aromatic N) is 1. The van der Waals surface area contributed by atoms with Crippen LogP contribution in [0.1, 0.15) is 17.5 Å². The molecule has 3 aliphatic rings. The molecule has 0 fully saturated rings. The lowest BCUT2D eigenvalue weighted by Gasteiger charge is -2.21. The molecule has 1 aromatic carbocycles. The van der Waals surface area contributed by atoms with Crippen LogP contribution in [0.3, 0.4) is 0 Å². The van der Waals surface area contributed by atoms with Crippen LogP contribution in [-0.4, -0.2) is 6.21 Å². The van der Waals surface area contributed by atoms with E-state index in [2.05, 4.69) is 53.7 Å². The first kappa shape index (κ1) is 8.28. The van der Waals surface area contributed by atoms with Gasteiger partial charge in [-0.3, -0.25) is 4.99 Å². The Hall–Kier alpha value is -1.89. The van der Waals surface area contributed by atoms with Gasteiger partial charge < -0.3 is 0 Å². The first-order valence-corrected chi connectivity index (χ1v) is 5.70. The average Bonchev–Trinajstić information content (AvgIpc) is 2.68. The maximum absolute atomic E-state index is 4.60. The monoisotopic (exact) mass is 205 g/mol. The van der Waals surface area contributed by atoms with E-state index in [1.54, 1.807) is 0 Å². The number of hydrogen-bond acceptors (Lipinski definition) is 1. The summed E-state index contributed by atoms with van der Waals surface area (Å²) in [6.45, 7) is 0. The molecule has 1 aliphatic heterocycles. The van der Waals surface area contributed by atoms with Crippen molar-refractivity contribution in [3.05, 3.63) is 59.2 Å². The molecule has 0 saturated carbocycles. The number of benzene rings is 1. The summed E-state index contributed by atoms with van der Waals surface area (Å²) < 4.78 is 0. The Morgan fingerprint density at radius 3 is 2.94 bits per heavy atom. The summed E-state index contributed by atoms with van der Waals surface area (Å²) in [5.74, 6) is 0.542. The van der Waals surface area contributed by atoms with Crippen LogP contribution in [0.2, 0.25) is 0 Å². The summed E-state index contributed by atoms with van der Waals surface area (Å²) in [5.41, 5.74) is 6.66. The zero-order chi connectivity index (χ0) is 10.5. The molecule has 1 aromatic rings. The molecule has 76 valence electrons. The van der Waals surface area contributed by atoms with E-state index in [4.69, 9.17) is 0 Å². The molecule has 0 saturated heterocycles. The van der Waals surface area contributed by atoms with Gasteiger partial charge in [-0.15, -0.1) is 0 Å². The minimum absolute atomic E-state index is 0.542. The van der Waals surface area contributed by atoms with Crippen LogP contribution in [0, 0.1) is 5.92 Å². The number of rotatable bonds is 0. The van der Waals surface area contributed by atoms with Gasteiger partial charge in [-0.05, 0) is 23.1 Å². The third-order valence-electron chi connectivity index (χ3n) is 3.57. The molecule has 0 amide bonds. The molecule has 0 spiro atoms. The van der Waals surface area contributed by atoms with E-state index in [1.165, 1.54) is 28.0 Å². The Balaban J connectivity index is 2.09. The highest BCUT2D eigenvalue weighted by Gasteiger charge is 2.32. The van der Waals surface area contributed by atoms with Gasteiger partial charge in [0.15, 0.2) is 0 Å². The third kappa shape index (κ3) is 0.884. The van der Waals surface area contributed by atoms with Crippen LogP contribution >= 0.6 is 0 Å². The van der Waals surface area contributed by atoms with Crippen molar-refractivity contribution < 1.29 is 0 Å². The highest BCUT2D eigenvalue weighted by molar-refractivity contribution is 6.04. The lowest BCUT2D eigenvalue weighted by atomic mass is 9.85. The van der Waals surface area contributed by atoms with Crippen molar-refractivity contribution in [2.24, 2.45) is 10.9 Å². The maximum atomic E-state index is 4.60. The second-order valence-corrected chi connectivity index (χ2v) is 4.43. The Labute approximate surface area is 94.5 Å². The van der Waals surface area contributed by atoms with Gasteiger partial charge in [-0.2, -0.15) is 0 Å². The van der Waals surface area contributed by atoms with E-state index < -0.39 is 0 Å². The fourth-order valence-electron chi connectivity index (χ4n) is 2.87. The Kier molecular flexibility index (Phi) is 1.46. The molecule has 1 atom stereocenters. The van der Waals surface area contributed by atoms with Crippen LogP contribution < -0.4 is 0 Å². The molecule has 1 nitrogen and oxygen atoms in total. The highest BCUT2D eigenvalue weighted by Crippen LogP contribution is 2.49. The summed E-state index contributed by atoms with van der Waals surface area (Å²) in [6.07, 6.45) is 9.79. The molecule has 16 heavy (non-hydrogen) atoms. The van der Waals surface area contributed by atoms with Gasteiger partial charge in [0.1, 0.15) is 0 Å².